The van der Waals surface area contributed by atoms with Crippen molar-refractivity contribution in [3.8, 4) is 5.69 Å². The minimum absolute atomic E-state index is 0.0566. The van der Waals surface area contributed by atoms with E-state index in [9.17, 15) is 9.18 Å². The summed E-state index contributed by atoms with van der Waals surface area (Å²) in [7, 11) is 0. The first-order chi connectivity index (χ1) is 13.5. The van der Waals surface area contributed by atoms with Gasteiger partial charge in [-0.25, -0.2) is 9.07 Å². The summed E-state index contributed by atoms with van der Waals surface area (Å²) in [5, 5.41) is 4.24. The first kappa shape index (κ1) is 19.1. The van der Waals surface area contributed by atoms with Gasteiger partial charge in [0.1, 0.15) is 11.5 Å². The Morgan fingerprint density at radius 3 is 2.61 bits per heavy atom. The normalized spacial score (nSPS) is 15.2. The molecule has 1 aromatic carbocycles. The van der Waals surface area contributed by atoms with Crippen molar-refractivity contribution in [1.29, 1.82) is 0 Å². The van der Waals surface area contributed by atoms with E-state index in [2.05, 4.69) is 10.00 Å². The van der Waals surface area contributed by atoms with Crippen molar-refractivity contribution in [1.82, 2.24) is 19.6 Å². The van der Waals surface area contributed by atoms with Gasteiger partial charge in [0.25, 0.3) is 5.91 Å². The maximum atomic E-state index is 14.1. The molecule has 5 nitrogen and oxygen atoms in total. The number of halogens is 2. The van der Waals surface area contributed by atoms with Crippen molar-refractivity contribution in [3.05, 3.63) is 68.9 Å². The summed E-state index contributed by atoms with van der Waals surface area (Å²) in [5.41, 5.74) is 1.51. The fraction of sp³-hybridized carbons (Fsp3) is 0.300. The lowest BCUT2D eigenvalue weighted by Crippen LogP contribution is -2.48. The molecule has 1 fully saturated rings. The van der Waals surface area contributed by atoms with Crippen LogP contribution < -0.4 is 0 Å². The van der Waals surface area contributed by atoms with Crippen LogP contribution in [-0.4, -0.2) is 51.7 Å². The number of aromatic nitrogens is 2. The van der Waals surface area contributed by atoms with Crippen molar-refractivity contribution in [3.63, 3.8) is 0 Å². The van der Waals surface area contributed by atoms with Crippen LogP contribution in [0.4, 0.5) is 4.39 Å². The molecule has 2 aromatic heterocycles. The molecule has 0 saturated carbocycles. The Bertz CT molecular complexity index is 994. The van der Waals surface area contributed by atoms with E-state index >= 15 is 0 Å². The lowest BCUT2D eigenvalue weighted by molar-refractivity contribution is 0.0629. The number of thiophene rings is 1. The summed E-state index contributed by atoms with van der Waals surface area (Å²) in [6, 6.07) is 10.4. The van der Waals surface area contributed by atoms with E-state index in [1.54, 1.807) is 36.5 Å². The van der Waals surface area contributed by atoms with Crippen LogP contribution in [0.25, 0.3) is 5.69 Å². The lowest BCUT2D eigenvalue weighted by atomic mass is 10.2. The average molecular weight is 419 g/mol. The van der Waals surface area contributed by atoms with Crippen molar-refractivity contribution in [2.45, 2.75) is 13.5 Å². The fourth-order valence-corrected chi connectivity index (χ4v) is 4.55. The minimum Gasteiger partial charge on any atom is -0.336 e. The number of carbonyl (C=O) groups is 1. The van der Waals surface area contributed by atoms with Crippen LogP contribution in [0.1, 0.15) is 20.9 Å². The maximum absolute atomic E-state index is 14.1. The molecule has 8 heteroatoms. The Morgan fingerprint density at radius 2 is 1.93 bits per heavy atom. The molecule has 1 amide bonds. The van der Waals surface area contributed by atoms with E-state index in [0.717, 1.165) is 24.0 Å². The van der Waals surface area contributed by atoms with Gasteiger partial charge in [-0.1, -0.05) is 23.7 Å². The van der Waals surface area contributed by atoms with Gasteiger partial charge in [0.2, 0.25) is 0 Å². The van der Waals surface area contributed by atoms with Crippen LogP contribution in [0.2, 0.25) is 4.34 Å². The molecule has 0 bridgehead atoms. The zero-order valence-electron chi connectivity index (χ0n) is 15.4. The second-order valence-corrected chi connectivity index (χ2v) is 8.58. The fourth-order valence-electron chi connectivity index (χ4n) is 3.42. The molecule has 0 N–H and O–H groups in total. The van der Waals surface area contributed by atoms with Gasteiger partial charge < -0.3 is 4.90 Å². The third-order valence-electron chi connectivity index (χ3n) is 4.99. The number of nitrogens with zero attached hydrogens (tertiary/aromatic N) is 4. The Labute approximate surface area is 171 Å². The summed E-state index contributed by atoms with van der Waals surface area (Å²) >= 11 is 7.59. The molecule has 3 aromatic rings. The van der Waals surface area contributed by atoms with Gasteiger partial charge in [0.15, 0.2) is 0 Å². The smallest absolute Gasteiger partial charge is 0.257 e. The monoisotopic (exact) mass is 418 g/mol. The topological polar surface area (TPSA) is 41.4 Å². The number of carbonyl (C=O) groups excluding carboxylic acids is 1. The van der Waals surface area contributed by atoms with Crippen LogP contribution in [0.3, 0.4) is 0 Å². The average Bonchev–Trinajstić information content (AvgIpc) is 3.28. The third-order valence-corrected chi connectivity index (χ3v) is 6.20. The number of benzene rings is 1. The maximum Gasteiger partial charge on any atom is 0.257 e. The van der Waals surface area contributed by atoms with Gasteiger partial charge in [-0.3, -0.25) is 9.69 Å². The van der Waals surface area contributed by atoms with E-state index < -0.39 is 0 Å². The van der Waals surface area contributed by atoms with Crippen molar-refractivity contribution >= 4 is 28.8 Å². The molecule has 0 spiro atoms. The first-order valence-corrected chi connectivity index (χ1v) is 10.3. The van der Waals surface area contributed by atoms with Gasteiger partial charge in [0.05, 0.1) is 21.8 Å². The second kappa shape index (κ2) is 8.03. The predicted octanol–water partition coefficient (Wildman–Crippen LogP) is 3.99. The molecule has 0 aliphatic carbocycles. The number of piperazine rings is 1. The molecule has 1 aliphatic rings. The zero-order valence-corrected chi connectivity index (χ0v) is 17.0. The van der Waals surface area contributed by atoms with Crippen molar-refractivity contribution in [2.75, 3.05) is 26.2 Å². The van der Waals surface area contributed by atoms with Crippen molar-refractivity contribution in [2.24, 2.45) is 0 Å². The molecular formula is C20H20ClFN4OS. The summed E-state index contributed by atoms with van der Waals surface area (Å²) in [6.07, 6.45) is 1.53. The van der Waals surface area contributed by atoms with E-state index in [0.29, 0.717) is 30.0 Å². The molecular weight excluding hydrogens is 399 g/mol. The van der Waals surface area contributed by atoms with E-state index in [-0.39, 0.29) is 11.7 Å². The van der Waals surface area contributed by atoms with Gasteiger partial charge in [-0.2, -0.15) is 5.10 Å². The van der Waals surface area contributed by atoms with Crippen LogP contribution >= 0.6 is 22.9 Å². The summed E-state index contributed by atoms with van der Waals surface area (Å²) in [5.74, 6) is -0.422. The van der Waals surface area contributed by atoms with Gasteiger partial charge in [-0.15, -0.1) is 11.3 Å². The molecule has 146 valence electrons. The second-order valence-electron chi connectivity index (χ2n) is 6.78. The highest BCUT2D eigenvalue weighted by Crippen LogP contribution is 2.23. The zero-order chi connectivity index (χ0) is 19.7. The number of amides is 1. The molecule has 0 unspecified atom stereocenters. The molecule has 28 heavy (non-hydrogen) atoms. The molecule has 3 heterocycles. The number of para-hydroxylation sites is 1. The van der Waals surface area contributed by atoms with Crippen LogP contribution in [0.15, 0.2) is 42.6 Å². The summed E-state index contributed by atoms with van der Waals surface area (Å²) in [6.45, 7) is 5.57. The first-order valence-electron chi connectivity index (χ1n) is 9.08. The highest BCUT2D eigenvalue weighted by atomic mass is 35.5. The van der Waals surface area contributed by atoms with Crippen LogP contribution in [-0.2, 0) is 6.54 Å². The largest absolute Gasteiger partial charge is 0.336 e. The lowest BCUT2D eigenvalue weighted by Gasteiger charge is -2.34. The minimum atomic E-state index is -0.366. The number of hydrogen-bond acceptors (Lipinski definition) is 4. The molecule has 0 radical (unpaired) electrons. The highest BCUT2D eigenvalue weighted by molar-refractivity contribution is 7.16. The van der Waals surface area contributed by atoms with E-state index in [4.69, 9.17) is 11.6 Å². The van der Waals surface area contributed by atoms with Gasteiger partial charge in [0, 0.05) is 37.6 Å². The Kier molecular flexibility index (Phi) is 5.48. The van der Waals surface area contributed by atoms with Crippen LogP contribution in [0, 0.1) is 12.7 Å². The summed E-state index contributed by atoms with van der Waals surface area (Å²) < 4.78 is 16.4. The quantitative estimate of drug-likeness (QED) is 0.643. The number of hydrogen-bond donors (Lipinski definition) is 0. The van der Waals surface area contributed by atoms with E-state index in [1.165, 1.54) is 21.8 Å². The third kappa shape index (κ3) is 3.83. The van der Waals surface area contributed by atoms with Crippen molar-refractivity contribution < 1.29 is 9.18 Å². The molecule has 0 atom stereocenters. The highest BCUT2D eigenvalue weighted by Gasteiger charge is 2.25. The Morgan fingerprint density at radius 1 is 1.18 bits per heavy atom. The SMILES string of the molecule is Cc1c(C(=O)N2CCN(Cc3ccc(Cl)s3)CC2)cnn1-c1ccccc1F. The molecule has 1 saturated heterocycles. The van der Waals surface area contributed by atoms with E-state index in [1.807, 2.05) is 17.0 Å². The Hall–Kier alpha value is -2.22. The molecule has 4 rings (SSSR count). The number of rotatable bonds is 4. The van der Waals surface area contributed by atoms with Gasteiger partial charge >= 0.3 is 0 Å². The molecule has 1 aliphatic heterocycles. The Balaban J connectivity index is 1.43. The summed E-state index contributed by atoms with van der Waals surface area (Å²) in [4.78, 5) is 18.4. The van der Waals surface area contributed by atoms with Crippen LogP contribution in [0.5, 0.6) is 0 Å². The predicted molar refractivity (Wildman–Crippen MR) is 109 cm³/mol. The standard InChI is InChI=1S/C20H20ClFN4OS/c1-14-16(12-23-26(14)18-5-3-2-4-17(18)22)20(27)25-10-8-24(9-11-25)13-15-6-7-19(21)28-15/h2-7,12H,8-11,13H2,1H3. The van der Waals surface area contributed by atoms with Gasteiger partial charge in [-0.05, 0) is 31.2 Å².